The Labute approximate surface area is 338 Å². The van der Waals surface area contributed by atoms with Gasteiger partial charge in [-0.2, -0.15) is 0 Å². The third kappa shape index (κ3) is 5.44. The van der Waals surface area contributed by atoms with Crippen molar-refractivity contribution in [2.24, 2.45) is 0 Å². The van der Waals surface area contributed by atoms with E-state index in [-0.39, 0.29) is 0 Å². The van der Waals surface area contributed by atoms with Gasteiger partial charge in [0.15, 0.2) is 0 Å². The second kappa shape index (κ2) is 13.5. The summed E-state index contributed by atoms with van der Waals surface area (Å²) in [6.45, 7) is 2.22. The molecule has 2 heterocycles. The summed E-state index contributed by atoms with van der Waals surface area (Å²) in [5, 5.41) is 0. The van der Waals surface area contributed by atoms with E-state index in [1.165, 1.54) is 76.6 Å². The molecular formula is C55H37NS. The van der Waals surface area contributed by atoms with Gasteiger partial charge in [-0.1, -0.05) is 176 Å². The fourth-order valence-corrected chi connectivity index (χ4v) is 10.4. The molecule has 0 radical (unpaired) electrons. The average molecular weight is 744 g/mol. The second-order valence-corrected chi connectivity index (χ2v) is 16.2. The molecular weight excluding hydrogens is 707 g/mol. The molecule has 11 rings (SSSR count). The zero-order valence-electron chi connectivity index (χ0n) is 31.5. The molecule has 2 heteroatoms. The summed E-state index contributed by atoms with van der Waals surface area (Å²) >= 11 is 1.89. The largest absolute Gasteiger partial charge is 0.248 e. The predicted octanol–water partition coefficient (Wildman–Crippen LogP) is 14.6. The summed E-state index contributed by atoms with van der Waals surface area (Å²) in [6.07, 6.45) is 0. The van der Waals surface area contributed by atoms with E-state index < -0.39 is 5.41 Å². The number of hydrogen-bond donors (Lipinski definition) is 0. The Kier molecular flexibility index (Phi) is 7.94. The number of aromatic nitrogens is 1. The molecule has 0 atom stereocenters. The fourth-order valence-electron chi connectivity index (χ4n) is 9.23. The van der Waals surface area contributed by atoms with E-state index in [9.17, 15) is 0 Å². The highest BCUT2D eigenvalue weighted by molar-refractivity contribution is 7.99. The molecule has 0 N–H and O–H groups in total. The van der Waals surface area contributed by atoms with Gasteiger partial charge in [-0.05, 0) is 122 Å². The van der Waals surface area contributed by atoms with Crippen LogP contribution in [0.5, 0.6) is 0 Å². The molecule has 1 spiro atoms. The van der Waals surface area contributed by atoms with Crippen LogP contribution in [0.15, 0.2) is 216 Å². The molecule has 1 aliphatic heterocycles. The zero-order chi connectivity index (χ0) is 37.9. The van der Waals surface area contributed by atoms with Gasteiger partial charge >= 0.3 is 0 Å². The van der Waals surface area contributed by atoms with Gasteiger partial charge < -0.3 is 0 Å². The molecule has 0 saturated carbocycles. The lowest BCUT2D eigenvalue weighted by Crippen LogP contribution is -2.32. The minimum absolute atomic E-state index is 0.401. The van der Waals surface area contributed by atoms with Crippen LogP contribution in [0.3, 0.4) is 0 Å². The summed E-state index contributed by atoms with van der Waals surface area (Å²) in [6, 6.07) is 75.6. The highest BCUT2D eigenvalue weighted by Gasteiger charge is 2.50. The minimum atomic E-state index is -0.401. The zero-order valence-corrected chi connectivity index (χ0v) is 32.3. The van der Waals surface area contributed by atoms with Crippen molar-refractivity contribution in [3.8, 4) is 67.0 Å². The van der Waals surface area contributed by atoms with E-state index in [4.69, 9.17) is 4.98 Å². The second-order valence-electron chi connectivity index (χ2n) is 15.1. The summed E-state index contributed by atoms with van der Waals surface area (Å²) in [7, 11) is 0. The van der Waals surface area contributed by atoms with Gasteiger partial charge in [-0.15, -0.1) is 0 Å². The number of rotatable bonds is 5. The maximum atomic E-state index is 5.24. The van der Waals surface area contributed by atoms with Gasteiger partial charge in [0.2, 0.25) is 0 Å². The Balaban J connectivity index is 1.04. The summed E-state index contributed by atoms with van der Waals surface area (Å²) in [5.74, 6) is 0. The maximum absolute atomic E-state index is 5.24. The van der Waals surface area contributed by atoms with Gasteiger partial charge in [0, 0.05) is 20.9 Å². The summed E-state index contributed by atoms with van der Waals surface area (Å²) in [5.41, 5.74) is 20.2. The summed E-state index contributed by atoms with van der Waals surface area (Å²) < 4.78 is 0. The Bertz CT molecular complexity index is 2900. The minimum Gasteiger partial charge on any atom is -0.248 e. The van der Waals surface area contributed by atoms with Crippen molar-refractivity contribution in [1.82, 2.24) is 4.98 Å². The van der Waals surface area contributed by atoms with E-state index >= 15 is 0 Å². The third-order valence-corrected chi connectivity index (χ3v) is 13.0. The van der Waals surface area contributed by atoms with Crippen molar-refractivity contribution in [2.45, 2.75) is 22.1 Å². The van der Waals surface area contributed by atoms with Crippen molar-refractivity contribution in [2.75, 3.05) is 0 Å². The maximum Gasteiger partial charge on any atom is 0.0735 e. The molecule has 8 aromatic carbocycles. The Morgan fingerprint density at radius 2 is 0.877 bits per heavy atom. The first-order chi connectivity index (χ1) is 28.1. The molecule has 2 aliphatic rings. The first kappa shape index (κ1) is 33.6. The molecule has 1 aliphatic carbocycles. The topological polar surface area (TPSA) is 12.9 Å². The molecule has 268 valence electrons. The quantitative estimate of drug-likeness (QED) is 0.174. The fraction of sp³-hybridized carbons (Fsp3) is 0.0364. The predicted molar refractivity (Wildman–Crippen MR) is 238 cm³/mol. The van der Waals surface area contributed by atoms with Crippen LogP contribution >= 0.6 is 11.8 Å². The Hall–Kier alpha value is -6.74. The lowest BCUT2D eigenvalue weighted by molar-refractivity contribution is 0.723. The van der Waals surface area contributed by atoms with E-state index in [0.717, 1.165) is 28.1 Å². The third-order valence-electron chi connectivity index (χ3n) is 11.9. The van der Waals surface area contributed by atoms with Crippen LogP contribution in [-0.4, -0.2) is 4.98 Å². The molecule has 9 aromatic rings. The van der Waals surface area contributed by atoms with E-state index in [1.807, 2.05) is 11.8 Å². The standard InChI is InChI=1S/C55H37NS/c1-36-27-28-39(32-46(36)41-19-14-20-42(31-41)52-35-43(37-15-4-2-5-16-37)34-51(56-52)38-17-6-3-7-18-38)40-29-30-54-50(33-40)55(49-25-12-13-26-53(49)57-54)47-23-10-8-21-44(47)45-22-9-11-24-48(45)55/h2-35H,1H3. The highest BCUT2D eigenvalue weighted by Crippen LogP contribution is 2.62. The first-order valence-corrected chi connectivity index (χ1v) is 20.4. The number of nitrogens with zero attached hydrogens (tertiary/aromatic N) is 1. The lowest BCUT2D eigenvalue weighted by atomic mass is 9.67. The SMILES string of the molecule is Cc1ccc(-c2ccc3c(c2)C2(c4ccccc4S3)c3ccccc3-c3ccccc32)cc1-c1cccc(-c2cc(-c3ccccc3)cc(-c3ccccc3)n2)c1. The number of aryl methyl sites for hydroxylation is 1. The van der Waals surface area contributed by atoms with Crippen molar-refractivity contribution < 1.29 is 0 Å². The Morgan fingerprint density at radius 3 is 1.61 bits per heavy atom. The highest BCUT2D eigenvalue weighted by atomic mass is 32.2. The van der Waals surface area contributed by atoms with Gasteiger partial charge in [0.1, 0.15) is 0 Å². The number of pyridine rings is 1. The number of benzene rings is 8. The molecule has 0 fully saturated rings. The number of fused-ring (bicyclic) bond motifs is 9. The van der Waals surface area contributed by atoms with Crippen LogP contribution in [-0.2, 0) is 5.41 Å². The van der Waals surface area contributed by atoms with Crippen LogP contribution in [0.2, 0.25) is 0 Å². The van der Waals surface area contributed by atoms with Crippen LogP contribution in [0.1, 0.15) is 27.8 Å². The van der Waals surface area contributed by atoms with E-state index in [1.54, 1.807) is 0 Å². The molecule has 1 aromatic heterocycles. The molecule has 0 amide bonds. The van der Waals surface area contributed by atoms with Crippen LogP contribution in [0.25, 0.3) is 67.0 Å². The van der Waals surface area contributed by atoms with Crippen molar-refractivity contribution in [3.05, 3.63) is 234 Å². The van der Waals surface area contributed by atoms with Gasteiger partial charge in [0.25, 0.3) is 0 Å². The average Bonchev–Trinajstić information content (AvgIpc) is 3.57. The van der Waals surface area contributed by atoms with Gasteiger partial charge in [0.05, 0.1) is 16.8 Å². The molecule has 1 nitrogen and oxygen atoms in total. The van der Waals surface area contributed by atoms with Gasteiger partial charge in [-0.25, -0.2) is 4.98 Å². The van der Waals surface area contributed by atoms with Crippen LogP contribution in [0.4, 0.5) is 0 Å². The van der Waals surface area contributed by atoms with E-state index in [2.05, 4.69) is 213 Å². The lowest BCUT2D eigenvalue weighted by Gasteiger charge is -2.40. The normalized spacial score (nSPS) is 13.1. The number of hydrogen-bond acceptors (Lipinski definition) is 2. The summed E-state index contributed by atoms with van der Waals surface area (Å²) in [4.78, 5) is 7.87. The smallest absolute Gasteiger partial charge is 0.0735 e. The van der Waals surface area contributed by atoms with Crippen LogP contribution < -0.4 is 0 Å². The molecule has 57 heavy (non-hydrogen) atoms. The first-order valence-electron chi connectivity index (χ1n) is 19.6. The van der Waals surface area contributed by atoms with Gasteiger partial charge in [-0.3, -0.25) is 0 Å². The molecule has 0 saturated heterocycles. The van der Waals surface area contributed by atoms with Crippen LogP contribution in [0, 0.1) is 6.92 Å². The monoisotopic (exact) mass is 743 g/mol. The molecule has 0 unspecified atom stereocenters. The van der Waals surface area contributed by atoms with Crippen molar-refractivity contribution >= 4 is 11.8 Å². The Morgan fingerprint density at radius 1 is 0.333 bits per heavy atom. The van der Waals surface area contributed by atoms with Crippen molar-refractivity contribution in [1.29, 1.82) is 0 Å². The molecule has 0 bridgehead atoms. The van der Waals surface area contributed by atoms with E-state index in [0.29, 0.717) is 0 Å². The van der Waals surface area contributed by atoms with Crippen molar-refractivity contribution in [3.63, 3.8) is 0 Å².